The first-order valence-corrected chi connectivity index (χ1v) is 10.9. The zero-order chi connectivity index (χ0) is 23.5. The fourth-order valence-corrected chi connectivity index (χ4v) is 5.53. The first-order chi connectivity index (χ1) is 15.7. The molecule has 0 saturated carbocycles. The van der Waals surface area contributed by atoms with Crippen LogP contribution in [-0.2, 0) is 31.3 Å². The van der Waals surface area contributed by atoms with Gasteiger partial charge in [0.25, 0.3) is 0 Å². The van der Waals surface area contributed by atoms with Crippen molar-refractivity contribution in [3.05, 3.63) is 64.4 Å². The Balaban J connectivity index is 1.60. The number of hydrogen-bond acceptors (Lipinski definition) is 5. The van der Waals surface area contributed by atoms with Gasteiger partial charge in [-0.3, -0.25) is 29.4 Å². The second-order valence-electron chi connectivity index (χ2n) is 8.57. The molecule has 0 radical (unpaired) electrons. The van der Waals surface area contributed by atoms with Crippen LogP contribution in [0.4, 0.5) is 10.1 Å². The molecule has 4 N–H and O–H groups in total. The van der Waals surface area contributed by atoms with Gasteiger partial charge in [0.2, 0.25) is 23.6 Å². The van der Waals surface area contributed by atoms with Crippen molar-refractivity contribution >= 4 is 40.9 Å². The molecule has 5 rings (SSSR count). The van der Waals surface area contributed by atoms with Gasteiger partial charge in [-0.2, -0.15) is 0 Å². The molecule has 2 aromatic rings. The van der Waals surface area contributed by atoms with Crippen LogP contribution in [0, 0.1) is 17.7 Å². The number of nitrogens with one attached hydrogen (secondary N) is 2. The molecule has 10 heteroatoms. The molecule has 8 nitrogen and oxygen atoms in total. The van der Waals surface area contributed by atoms with E-state index in [0.29, 0.717) is 16.3 Å². The number of imide groups is 1. The zero-order valence-corrected chi connectivity index (χ0v) is 18.1. The van der Waals surface area contributed by atoms with Crippen LogP contribution in [0.5, 0.6) is 0 Å². The van der Waals surface area contributed by atoms with Crippen molar-refractivity contribution < 1.29 is 23.6 Å². The van der Waals surface area contributed by atoms with Crippen LogP contribution in [0.15, 0.2) is 42.5 Å². The third kappa shape index (κ3) is 3.14. The normalized spacial score (nSPS) is 27.8. The lowest BCUT2D eigenvalue weighted by Crippen LogP contribution is -2.53. The van der Waals surface area contributed by atoms with E-state index in [-0.39, 0.29) is 24.9 Å². The Morgan fingerprint density at radius 1 is 1.15 bits per heavy atom. The van der Waals surface area contributed by atoms with Crippen molar-refractivity contribution in [3.63, 3.8) is 0 Å². The number of amides is 4. The quantitative estimate of drug-likeness (QED) is 0.574. The van der Waals surface area contributed by atoms with Crippen molar-refractivity contribution in [1.82, 2.24) is 10.2 Å². The molecule has 0 aliphatic carbocycles. The Morgan fingerprint density at radius 3 is 2.64 bits per heavy atom. The highest BCUT2D eigenvalue weighted by molar-refractivity contribution is 6.31. The van der Waals surface area contributed by atoms with Crippen molar-refractivity contribution in [2.24, 2.45) is 17.6 Å². The topological polar surface area (TPSA) is 122 Å². The molecule has 3 heterocycles. The van der Waals surface area contributed by atoms with Crippen LogP contribution in [0.1, 0.15) is 24.0 Å². The van der Waals surface area contributed by atoms with Crippen LogP contribution < -0.4 is 16.4 Å². The Morgan fingerprint density at radius 2 is 1.91 bits per heavy atom. The molecule has 2 saturated heterocycles. The lowest BCUT2D eigenvalue weighted by molar-refractivity contribution is -0.143. The molecule has 2 fully saturated rings. The van der Waals surface area contributed by atoms with Crippen molar-refractivity contribution in [2.45, 2.75) is 31.0 Å². The van der Waals surface area contributed by atoms with E-state index in [0.717, 1.165) is 4.90 Å². The number of fused-ring (bicyclic) bond motifs is 4. The van der Waals surface area contributed by atoms with Crippen LogP contribution in [0.3, 0.4) is 0 Å². The summed E-state index contributed by atoms with van der Waals surface area (Å²) in [6.07, 6.45) is 0.107. The fraction of sp³-hybridized carbons (Fsp3) is 0.304. The summed E-state index contributed by atoms with van der Waals surface area (Å²) in [6, 6.07) is 10.00. The highest BCUT2D eigenvalue weighted by atomic mass is 35.5. The van der Waals surface area contributed by atoms with E-state index in [9.17, 15) is 23.6 Å². The summed E-state index contributed by atoms with van der Waals surface area (Å²) >= 11 is 6.24. The summed E-state index contributed by atoms with van der Waals surface area (Å²) in [6.45, 7) is -0.0550. The highest BCUT2D eigenvalue weighted by Gasteiger charge is 2.70. The molecule has 4 amide bonds. The van der Waals surface area contributed by atoms with Gasteiger partial charge < -0.3 is 11.1 Å². The van der Waals surface area contributed by atoms with E-state index in [1.165, 1.54) is 18.2 Å². The summed E-state index contributed by atoms with van der Waals surface area (Å²) in [4.78, 5) is 53.0. The number of hydrogen-bond donors (Lipinski definition) is 3. The molecule has 0 aromatic heterocycles. The van der Waals surface area contributed by atoms with Gasteiger partial charge in [0.05, 0.1) is 18.4 Å². The highest BCUT2D eigenvalue weighted by Crippen LogP contribution is 2.53. The Bertz CT molecular complexity index is 1220. The minimum Gasteiger partial charge on any atom is -0.370 e. The molecular weight excluding hydrogens is 451 g/mol. The number of nitrogens with zero attached hydrogens (tertiary/aromatic N) is 1. The van der Waals surface area contributed by atoms with Crippen LogP contribution in [0.25, 0.3) is 0 Å². The number of rotatable bonds is 5. The van der Waals surface area contributed by atoms with E-state index in [1.807, 2.05) is 0 Å². The summed E-state index contributed by atoms with van der Waals surface area (Å²) in [7, 11) is 0. The summed E-state index contributed by atoms with van der Waals surface area (Å²) in [5.41, 5.74) is 4.90. The largest absolute Gasteiger partial charge is 0.370 e. The molecule has 3 aliphatic heterocycles. The maximum Gasteiger partial charge on any atom is 0.250 e. The Labute approximate surface area is 193 Å². The third-order valence-electron chi connectivity index (χ3n) is 6.76. The van der Waals surface area contributed by atoms with Crippen LogP contribution in [0.2, 0.25) is 5.02 Å². The minimum atomic E-state index is -1.63. The van der Waals surface area contributed by atoms with Gasteiger partial charge in [0.1, 0.15) is 11.4 Å². The molecular formula is C23H20ClFN4O4. The molecule has 1 spiro atoms. The second-order valence-corrected chi connectivity index (χ2v) is 8.97. The van der Waals surface area contributed by atoms with Gasteiger partial charge in [-0.05, 0) is 36.2 Å². The second kappa shape index (κ2) is 7.64. The maximum atomic E-state index is 14.2. The number of likely N-dealkylation sites (tertiary alicyclic amines) is 1. The summed E-state index contributed by atoms with van der Waals surface area (Å²) in [5, 5.41) is 6.24. The van der Waals surface area contributed by atoms with E-state index in [1.54, 1.807) is 24.3 Å². The number of primary amides is 1. The molecule has 4 atom stereocenters. The standard InChI is InChI=1S/C23H20ClFN4O4/c24-14-4-2-1-3-11(14)10-29-20(31)18-16(7-8-17(26)30)28-23(19(18)21(29)32)13-9-12(25)5-6-15(13)27-22(23)33/h1-6,9,16,18-19,28H,7-8,10H2,(H2,26,30)(H,27,33)/t16-,18+,19-,23+/m0/s1. The third-order valence-corrected chi connectivity index (χ3v) is 7.13. The molecule has 2 aromatic carbocycles. The maximum absolute atomic E-state index is 14.2. The van der Waals surface area contributed by atoms with Gasteiger partial charge in [-0.1, -0.05) is 29.8 Å². The lowest BCUT2D eigenvalue weighted by Gasteiger charge is -2.29. The summed E-state index contributed by atoms with van der Waals surface area (Å²) < 4.78 is 14.2. The van der Waals surface area contributed by atoms with E-state index >= 15 is 0 Å². The van der Waals surface area contributed by atoms with Gasteiger partial charge in [0, 0.05) is 28.7 Å². The SMILES string of the molecule is NC(=O)CC[C@@H]1N[C@@]2(C(=O)Nc3ccc(F)cc32)[C@@H]2C(=O)N(Cc3ccccc3Cl)C(=O)[C@H]12. The number of nitrogens with two attached hydrogens (primary N) is 1. The van der Waals surface area contributed by atoms with Crippen molar-refractivity contribution in [1.29, 1.82) is 0 Å². The van der Waals surface area contributed by atoms with E-state index < -0.39 is 52.9 Å². The lowest BCUT2D eigenvalue weighted by atomic mass is 9.76. The van der Waals surface area contributed by atoms with Gasteiger partial charge in [-0.25, -0.2) is 4.39 Å². The average molecular weight is 471 g/mol. The molecule has 0 bridgehead atoms. The number of carbonyl (C=O) groups is 4. The van der Waals surface area contributed by atoms with Crippen LogP contribution >= 0.6 is 11.6 Å². The van der Waals surface area contributed by atoms with Crippen molar-refractivity contribution in [2.75, 3.05) is 5.32 Å². The molecule has 0 unspecified atom stereocenters. The van der Waals surface area contributed by atoms with E-state index in [4.69, 9.17) is 17.3 Å². The minimum absolute atomic E-state index is 0.0411. The van der Waals surface area contributed by atoms with Gasteiger partial charge >= 0.3 is 0 Å². The summed E-state index contributed by atoms with van der Waals surface area (Å²) in [5.74, 6) is -4.73. The predicted molar refractivity (Wildman–Crippen MR) is 116 cm³/mol. The number of benzene rings is 2. The number of carbonyl (C=O) groups excluding carboxylic acids is 4. The monoisotopic (exact) mass is 470 g/mol. The van der Waals surface area contributed by atoms with E-state index in [2.05, 4.69) is 10.6 Å². The zero-order valence-electron chi connectivity index (χ0n) is 17.3. The average Bonchev–Trinajstić information content (AvgIpc) is 3.34. The van der Waals surface area contributed by atoms with Crippen LogP contribution in [-0.4, -0.2) is 34.6 Å². The first kappa shape index (κ1) is 21.5. The molecule has 33 heavy (non-hydrogen) atoms. The van der Waals surface area contributed by atoms with Gasteiger partial charge in [-0.15, -0.1) is 0 Å². The Kier molecular flexibility index (Phi) is 4.98. The predicted octanol–water partition coefficient (Wildman–Crippen LogP) is 1.67. The van der Waals surface area contributed by atoms with Gasteiger partial charge in [0.15, 0.2) is 0 Å². The molecule has 170 valence electrons. The number of anilines is 1. The Hall–Kier alpha value is -3.30. The first-order valence-electron chi connectivity index (χ1n) is 10.5. The van der Waals surface area contributed by atoms with Crippen molar-refractivity contribution in [3.8, 4) is 0 Å². The fourth-order valence-electron chi connectivity index (χ4n) is 5.33. The molecule has 3 aliphatic rings. The number of halogens is 2. The smallest absolute Gasteiger partial charge is 0.250 e.